The summed E-state index contributed by atoms with van der Waals surface area (Å²) in [5.74, 6) is -0.0386. The molecule has 1 unspecified atom stereocenters. The molecule has 1 atom stereocenters. The van der Waals surface area contributed by atoms with Crippen molar-refractivity contribution in [3.8, 4) is 0 Å². The van der Waals surface area contributed by atoms with E-state index in [0.29, 0.717) is 13.1 Å². The van der Waals surface area contributed by atoms with E-state index in [-0.39, 0.29) is 18.3 Å². The summed E-state index contributed by atoms with van der Waals surface area (Å²) in [6.07, 6.45) is 1.72. The molecular weight excluding hydrogens is 244 g/mol. The van der Waals surface area contributed by atoms with Crippen molar-refractivity contribution in [3.05, 3.63) is 35.0 Å². The van der Waals surface area contributed by atoms with Gasteiger partial charge in [0.25, 0.3) is 0 Å². The Balaban J connectivity index is 0.00000225. The molecule has 0 spiro atoms. The quantitative estimate of drug-likeness (QED) is 0.824. The highest BCUT2D eigenvalue weighted by Gasteiger charge is 2.16. The fourth-order valence-corrected chi connectivity index (χ4v) is 1.99. The first-order valence-corrected chi connectivity index (χ1v) is 5.70. The fraction of sp³-hybridized carbons (Fsp3) is 0.364. The molecule has 1 heterocycles. The van der Waals surface area contributed by atoms with Gasteiger partial charge in [0, 0.05) is 11.4 Å². The van der Waals surface area contributed by atoms with Gasteiger partial charge in [-0.15, -0.1) is 30.3 Å². The number of carbonyl (C=O) groups excluding carboxylic acids is 1. The van der Waals surface area contributed by atoms with Crippen LogP contribution in [0, 0.1) is 0 Å². The van der Waals surface area contributed by atoms with Crippen LogP contribution < -0.4 is 5.73 Å². The van der Waals surface area contributed by atoms with Gasteiger partial charge in [0.1, 0.15) is 0 Å². The Bertz CT molecular complexity index is 325. The molecule has 1 amide bonds. The van der Waals surface area contributed by atoms with Gasteiger partial charge < -0.3 is 10.6 Å². The zero-order valence-electron chi connectivity index (χ0n) is 9.26. The number of nitrogens with zero attached hydrogens (tertiary/aromatic N) is 1. The highest BCUT2D eigenvalue weighted by molar-refractivity contribution is 7.09. The number of amides is 1. The average molecular weight is 261 g/mol. The SMILES string of the molecule is C=CCN(Cc1cccs1)C(=O)C(C)N.Cl. The van der Waals surface area contributed by atoms with Crippen LogP contribution in [0.15, 0.2) is 30.2 Å². The van der Waals surface area contributed by atoms with E-state index < -0.39 is 6.04 Å². The number of carbonyl (C=O) groups is 1. The van der Waals surface area contributed by atoms with E-state index >= 15 is 0 Å². The van der Waals surface area contributed by atoms with Crippen molar-refractivity contribution in [3.63, 3.8) is 0 Å². The molecule has 0 saturated carbocycles. The largest absolute Gasteiger partial charge is 0.333 e. The smallest absolute Gasteiger partial charge is 0.239 e. The summed E-state index contributed by atoms with van der Waals surface area (Å²) in [5.41, 5.74) is 5.57. The third kappa shape index (κ3) is 4.35. The lowest BCUT2D eigenvalue weighted by atomic mass is 10.3. The molecule has 2 N–H and O–H groups in total. The number of rotatable bonds is 5. The Morgan fingerprint density at radius 2 is 2.44 bits per heavy atom. The first-order chi connectivity index (χ1) is 7.15. The van der Waals surface area contributed by atoms with Crippen LogP contribution >= 0.6 is 23.7 Å². The molecule has 0 aliphatic rings. The van der Waals surface area contributed by atoms with Crippen LogP contribution in [-0.4, -0.2) is 23.4 Å². The molecule has 0 aliphatic carbocycles. The molecule has 0 fully saturated rings. The lowest BCUT2D eigenvalue weighted by molar-refractivity contribution is -0.132. The summed E-state index contributed by atoms with van der Waals surface area (Å²) in [7, 11) is 0. The van der Waals surface area contributed by atoms with Crippen LogP contribution in [0.2, 0.25) is 0 Å². The molecule has 1 aromatic heterocycles. The minimum Gasteiger partial charge on any atom is -0.333 e. The summed E-state index contributed by atoms with van der Waals surface area (Å²) >= 11 is 1.64. The van der Waals surface area contributed by atoms with Gasteiger partial charge in [-0.3, -0.25) is 4.79 Å². The van der Waals surface area contributed by atoms with Crippen LogP contribution in [0.3, 0.4) is 0 Å². The van der Waals surface area contributed by atoms with Crippen molar-refractivity contribution in [1.29, 1.82) is 0 Å². The second-order valence-corrected chi connectivity index (χ2v) is 4.41. The van der Waals surface area contributed by atoms with Gasteiger partial charge in [-0.05, 0) is 18.4 Å². The molecule has 90 valence electrons. The molecule has 0 aromatic carbocycles. The first kappa shape index (κ1) is 15.2. The molecule has 0 aliphatic heterocycles. The summed E-state index contributed by atoms with van der Waals surface area (Å²) in [5, 5.41) is 2.00. The van der Waals surface area contributed by atoms with E-state index in [2.05, 4.69) is 6.58 Å². The second kappa shape index (κ2) is 7.44. The van der Waals surface area contributed by atoms with Gasteiger partial charge in [0.2, 0.25) is 5.91 Å². The molecule has 3 nitrogen and oxygen atoms in total. The Morgan fingerprint density at radius 1 is 1.75 bits per heavy atom. The van der Waals surface area contributed by atoms with Crippen molar-refractivity contribution < 1.29 is 4.79 Å². The van der Waals surface area contributed by atoms with Crippen molar-refractivity contribution in [1.82, 2.24) is 4.90 Å². The van der Waals surface area contributed by atoms with Gasteiger partial charge in [-0.25, -0.2) is 0 Å². The van der Waals surface area contributed by atoms with Gasteiger partial charge in [0.05, 0.1) is 12.6 Å². The highest BCUT2D eigenvalue weighted by Crippen LogP contribution is 2.12. The van der Waals surface area contributed by atoms with Crippen LogP contribution in [-0.2, 0) is 11.3 Å². The van der Waals surface area contributed by atoms with E-state index in [1.165, 1.54) is 0 Å². The standard InChI is InChI=1S/C11H16N2OS.ClH/c1-3-6-13(11(14)9(2)12)8-10-5-4-7-15-10;/h3-5,7,9H,1,6,8,12H2,2H3;1H. The lowest BCUT2D eigenvalue weighted by Gasteiger charge is -2.22. The molecule has 0 radical (unpaired) electrons. The summed E-state index contributed by atoms with van der Waals surface area (Å²) in [6.45, 7) is 6.50. The number of thiophene rings is 1. The Kier molecular flexibility index (Phi) is 7.05. The van der Waals surface area contributed by atoms with E-state index in [1.807, 2.05) is 17.5 Å². The number of halogens is 1. The van der Waals surface area contributed by atoms with Gasteiger partial charge in [-0.2, -0.15) is 0 Å². The fourth-order valence-electron chi connectivity index (χ4n) is 1.27. The van der Waals surface area contributed by atoms with E-state index in [4.69, 9.17) is 5.73 Å². The zero-order valence-corrected chi connectivity index (χ0v) is 10.9. The molecule has 1 rings (SSSR count). The number of nitrogens with two attached hydrogens (primary N) is 1. The minimum atomic E-state index is -0.454. The lowest BCUT2D eigenvalue weighted by Crippen LogP contribution is -2.41. The molecule has 1 aromatic rings. The van der Waals surface area contributed by atoms with Crippen LogP contribution in [0.4, 0.5) is 0 Å². The Morgan fingerprint density at radius 3 is 2.88 bits per heavy atom. The Labute approximate surface area is 106 Å². The normalized spacial score (nSPS) is 11.4. The Hall–Kier alpha value is -0.840. The second-order valence-electron chi connectivity index (χ2n) is 3.38. The van der Waals surface area contributed by atoms with Crippen molar-refractivity contribution in [2.24, 2.45) is 5.73 Å². The zero-order chi connectivity index (χ0) is 11.3. The van der Waals surface area contributed by atoms with Crippen LogP contribution in [0.5, 0.6) is 0 Å². The van der Waals surface area contributed by atoms with E-state index in [0.717, 1.165) is 4.88 Å². The highest BCUT2D eigenvalue weighted by atomic mass is 35.5. The molecule has 0 bridgehead atoms. The predicted molar refractivity (Wildman–Crippen MR) is 70.8 cm³/mol. The van der Waals surface area contributed by atoms with Gasteiger partial charge in [0.15, 0.2) is 0 Å². The predicted octanol–water partition coefficient (Wildman–Crippen LogP) is 2.03. The molecular formula is C11H17ClN2OS. The maximum Gasteiger partial charge on any atom is 0.239 e. The van der Waals surface area contributed by atoms with Gasteiger partial charge >= 0.3 is 0 Å². The van der Waals surface area contributed by atoms with E-state index in [9.17, 15) is 4.79 Å². The summed E-state index contributed by atoms with van der Waals surface area (Å²) in [6, 6.07) is 3.53. The summed E-state index contributed by atoms with van der Waals surface area (Å²) < 4.78 is 0. The first-order valence-electron chi connectivity index (χ1n) is 4.82. The average Bonchev–Trinajstić information content (AvgIpc) is 2.68. The maximum atomic E-state index is 11.7. The topological polar surface area (TPSA) is 46.3 Å². The van der Waals surface area contributed by atoms with Crippen LogP contribution in [0.1, 0.15) is 11.8 Å². The van der Waals surface area contributed by atoms with E-state index in [1.54, 1.807) is 29.2 Å². The van der Waals surface area contributed by atoms with Gasteiger partial charge in [-0.1, -0.05) is 12.1 Å². The monoisotopic (exact) mass is 260 g/mol. The number of hydrogen-bond acceptors (Lipinski definition) is 3. The van der Waals surface area contributed by atoms with Crippen molar-refractivity contribution in [2.45, 2.75) is 19.5 Å². The third-order valence-electron chi connectivity index (χ3n) is 1.98. The molecule has 16 heavy (non-hydrogen) atoms. The van der Waals surface area contributed by atoms with Crippen LogP contribution in [0.25, 0.3) is 0 Å². The van der Waals surface area contributed by atoms with Crippen molar-refractivity contribution >= 4 is 29.7 Å². The summed E-state index contributed by atoms with van der Waals surface area (Å²) in [4.78, 5) is 14.6. The third-order valence-corrected chi connectivity index (χ3v) is 2.84. The number of hydrogen-bond donors (Lipinski definition) is 1. The molecule has 5 heteroatoms. The minimum absolute atomic E-state index is 0. The molecule has 0 saturated heterocycles. The van der Waals surface area contributed by atoms with Crippen molar-refractivity contribution in [2.75, 3.05) is 6.54 Å². The maximum absolute atomic E-state index is 11.7.